The molecule has 5 heteroatoms. The molecule has 2 aliphatic rings. The first-order chi connectivity index (χ1) is 12.2. The van der Waals surface area contributed by atoms with Crippen molar-refractivity contribution in [3.8, 4) is 0 Å². The van der Waals surface area contributed by atoms with Crippen LogP contribution in [0, 0.1) is 0 Å². The van der Waals surface area contributed by atoms with Gasteiger partial charge in [-0.1, -0.05) is 30.3 Å². The average molecular weight is 331 g/mol. The zero-order valence-electron chi connectivity index (χ0n) is 13.5. The lowest BCUT2D eigenvalue weighted by molar-refractivity contribution is 0.0665. The van der Waals surface area contributed by atoms with Crippen LogP contribution >= 0.6 is 0 Å². The number of aromatic amines is 1. The number of H-pyrrole nitrogens is 1. The van der Waals surface area contributed by atoms with Crippen molar-refractivity contribution in [3.63, 3.8) is 0 Å². The first kappa shape index (κ1) is 14.3. The van der Waals surface area contributed by atoms with Gasteiger partial charge in [-0.2, -0.15) is 0 Å². The Balaban J connectivity index is 1.68. The van der Waals surface area contributed by atoms with Crippen LogP contribution in [-0.2, 0) is 0 Å². The molecule has 3 aromatic rings. The molecule has 2 heterocycles. The van der Waals surface area contributed by atoms with E-state index >= 15 is 0 Å². The van der Waals surface area contributed by atoms with Crippen molar-refractivity contribution >= 4 is 22.5 Å². The summed E-state index contributed by atoms with van der Waals surface area (Å²) in [5.41, 5.74) is 2.67. The molecular weight excluding hydrogens is 314 g/mol. The Morgan fingerprint density at radius 3 is 2.56 bits per heavy atom. The van der Waals surface area contributed by atoms with Crippen molar-refractivity contribution in [1.82, 2.24) is 9.88 Å². The summed E-state index contributed by atoms with van der Waals surface area (Å²) in [5.74, 6) is -0.00518. The summed E-state index contributed by atoms with van der Waals surface area (Å²) in [7, 11) is 0. The number of hydrogen-bond donors (Lipinski definition) is 2. The van der Waals surface area contributed by atoms with Gasteiger partial charge in [-0.3, -0.25) is 9.59 Å². The number of carbonyl (C=O) groups is 1. The first-order valence-electron chi connectivity index (χ1n) is 8.52. The summed E-state index contributed by atoms with van der Waals surface area (Å²) in [6.45, 7) is 0. The van der Waals surface area contributed by atoms with Gasteiger partial charge < -0.3 is 15.2 Å². The van der Waals surface area contributed by atoms with Gasteiger partial charge in [0.25, 0.3) is 11.5 Å². The third-order valence-electron chi connectivity index (χ3n) is 4.98. The summed E-state index contributed by atoms with van der Waals surface area (Å²) in [6.07, 6.45) is 1.53. The van der Waals surface area contributed by atoms with Gasteiger partial charge in [0.1, 0.15) is 6.17 Å². The molecule has 1 amide bonds. The number of nitrogens with zero attached hydrogens (tertiary/aromatic N) is 1. The normalized spacial score (nSPS) is 19.6. The minimum atomic E-state index is -0.441. The van der Waals surface area contributed by atoms with E-state index < -0.39 is 6.17 Å². The van der Waals surface area contributed by atoms with E-state index in [1.807, 2.05) is 59.5 Å². The van der Waals surface area contributed by atoms with E-state index in [4.69, 9.17) is 0 Å². The number of nitrogens with one attached hydrogen (secondary N) is 2. The van der Waals surface area contributed by atoms with E-state index in [0.29, 0.717) is 11.1 Å². The second kappa shape index (κ2) is 5.21. The van der Waals surface area contributed by atoms with Crippen LogP contribution in [0.15, 0.2) is 59.4 Å². The summed E-state index contributed by atoms with van der Waals surface area (Å²) in [5, 5.41) is 4.36. The monoisotopic (exact) mass is 331 g/mol. The fourth-order valence-electron chi connectivity index (χ4n) is 3.59. The molecule has 0 unspecified atom stereocenters. The molecule has 1 fully saturated rings. The lowest BCUT2D eigenvalue weighted by Crippen LogP contribution is -2.46. The average Bonchev–Trinajstić information content (AvgIpc) is 3.46. The minimum absolute atomic E-state index is 0.00518. The Hall–Kier alpha value is -3.08. The minimum Gasteiger partial charge on any atom is -0.361 e. The molecule has 1 saturated carbocycles. The molecule has 1 aromatic heterocycles. The number of hydrogen-bond acceptors (Lipinski definition) is 3. The standard InChI is InChI=1S/C20H17N3O2/c24-19-15(11-12-5-1-3-7-16(12)22-19)18-21-17-8-4-2-6-14(17)20(25)23(18)13-9-10-13/h1-8,11,13,18,21H,9-10H2,(H,22,24)/t18-/m1/s1. The number of pyridine rings is 1. The van der Waals surface area contributed by atoms with Gasteiger partial charge in [0.15, 0.2) is 0 Å². The van der Waals surface area contributed by atoms with E-state index in [1.54, 1.807) is 0 Å². The predicted octanol–water partition coefficient (Wildman–Crippen LogP) is 3.26. The number of amides is 1. The van der Waals surface area contributed by atoms with E-state index in [-0.39, 0.29) is 17.5 Å². The van der Waals surface area contributed by atoms with Crippen molar-refractivity contribution in [3.05, 3.63) is 76.1 Å². The van der Waals surface area contributed by atoms with Gasteiger partial charge in [-0.05, 0) is 42.5 Å². The lowest BCUT2D eigenvalue weighted by Gasteiger charge is -2.38. The Morgan fingerprint density at radius 1 is 0.960 bits per heavy atom. The molecule has 2 N–H and O–H groups in total. The molecule has 0 saturated heterocycles. The van der Waals surface area contributed by atoms with Gasteiger partial charge >= 0.3 is 0 Å². The number of para-hydroxylation sites is 2. The van der Waals surface area contributed by atoms with Gasteiger partial charge in [-0.15, -0.1) is 0 Å². The SMILES string of the molecule is O=C1c2ccccc2N[C@@H](c2cc3ccccc3[nH]c2=O)N1C1CC1. The fraction of sp³-hybridized carbons (Fsp3) is 0.200. The number of carbonyl (C=O) groups excluding carboxylic acids is 1. The zero-order valence-corrected chi connectivity index (χ0v) is 13.5. The molecule has 1 atom stereocenters. The van der Waals surface area contributed by atoms with Gasteiger partial charge in [0.2, 0.25) is 0 Å². The smallest absolute Gasteiger partial charge is 0.258 e. The molecule has 5 nitrogen and oxygen atoms in total. The quantitative estimate of drug-likeness (QED) is 0.757. The summed E-state index contributed by atoms with van der Waals surface area (Å²) in [6, 6.07) is 17.3. The highest BCUT2D eigenvalue weighted by atomic mass is 16.2. The van der Waals surface area contributed by atoms with Crippen LogP contribution in [0.3, 0.4) is 0 Å². The van der Waals surface area contributed by atoms with Crippen LogP contribution in [-0.4, -0.2) is 21.8 Å². The second-order valence-electron chi connectivity index (χ2n) is 6.68. The number of fused-ring (bicyclic) bond motifs is 2. The highest BCUT2D eigenvalue weighted by molar-refractivity contribution is 6.02. The Labute approximate surface area is 144 Å². The molecule has 1 aliphatic heterocycles. The van der Waals surface area contributed by atoms with Crippen LogP contribution < -0.4 is 10.9 Å². The Bertz CT molecular complexity index is 1050. The van der Waals surface area contributed by atoms with Crippen LogP contribution in [0.5, 0.6) is 0 Å². The molecular formula is C20H17N3O2. The van der Waals surface area contributed by atoms with Crippen LogP contribution in [0.2, 0.25) is 0 Å². The second-order valence-corrected chi connectivity index (χ2v) is 6.68. The van der Waals surface area contributed by atoms with Gasteiger partial charge in [0, 0.05) is 17.2 Å². The molecule has 0 radical (unpaired) electrons. The van der Waals surface area contributed by atoms with Gasteiger partial charge in [-0.25, -0.2) is 0 Å². The van der Waals surface area contributed by atoms with Crippen LogP contribution in [0.1, 0.15) is 34.9 Å². The maximum absolute atomic E-state index is 13.0. The molecule has 0 bridgehead atoms. The van der Waals surface area contributed by atoms with Crippen molar-refractivity contribution in [1.29, 1.82) is 0 Å². The predicted molar refractivity (Wildman–Crippen MR) is 96.6 cm³/mol. The first-order valence-corrected chi connectivity index (χ1v) is 8.52. The van der Waals surface area contributed by atoms with E-state index in [2.05, 4.69) is 10.3 Å². The molecule has 25 heavy (non-hydrogen) atoms. The number of aromatic nitrogens is 1. The fourth-order valence-corrected chi connectivity index (χ4v) is 3.59. The number of rotatable bonds is 2. The summed E-state index contributed by atoms with van der Waals surface area (Å²) >= 11 is 0. The topological polar surface area (TPSA) is 65.2 Å². The van der Waals surface area contributed by atoms with Crippen molar-refractivity contribution in [2.45, 2.75) is 25.0 Å². The van der Waals surface area contributed by atoms with Crippen molar-refractivity contribution in [2.24, 2.45) is 0 Å². The van der Waals surface area contributed by atoms with Crippen molar-refractivity contribution in [2.75, 3.05) is 5.32 Å². The number of anilines is 1. The van der Waals surface area contributed by atoms with E-state index in [9.17, 15) is 9.59 Å². The van der Waals surface area contributed by atoms with E-state index in [1.165, 1.54) is 0 Å². The maximum Gasteiger partial charge on any atom is 0.258 e. The van der Waals surface area contributed by atoms with Crippen LogP contribution in [0.4, 0.5) is 5.69 Å². The largest absolute Gasteiger partial charge is 0.361 e. The zero-order chi connectivity index (χ0) is 17.0. The van der Waals surface area contributed by atoms with Crippen molar-refractivity contribution < 1.29 is 4.79 Å². The molecule has 0 spiro atoms. The summed E-state index contributed by atoms with van der Waals surface area (Å²) < 4.78 is 0. The molecule has 124 valence electrons. The lowest BCUT2D eigenvalue weighted by atomic mass is 10.0. The molecule has 5 rings (SSSR count). The van der Waals surface area contributed by atoms with Gasteiger partial charge in [0.05, 0.1) is 11.1 Å². The maximum atomic E-state index is 13.0. The third-order valence-corrected chi connectivity index (χ3v) is 4.98. The number of benzene rings is 2. The summed E-state index contributed by atoms with van der Waals surface area (Å²) in [4.78, 5) is 30.5. The third kappa shape index (κ3) is 2.23. The molecule has 2 aromatic carbocycles. The van der Waals surface area contributed by atoms with E-state index in [0.717, 1.165) is 29.4 Å². The molecule has 1 aliphatic carbocycles. The highest BCUT2D eigenvalue weighted by Gasteiger charge is 2.42. The highest BCUT2D eigenvalue weighted by Crippen LogP contribution is 2.40. The van der Waals surface area contributed by atoms with Crippen LogP contribution in [0.25, 0.3) is 10.9 Å². The Kier molecular flexibility index (Phi) is 2.98. The Morgan fingerprint density at radius 2 is 1.72 bits per heavy atom.